The van der Waals surface area contributed by atoms with Crippen LogP contribution in [0.4, 0.5) is 0 Å². The van der Waals surface area contributed by atoms with Crippen LogP contribution < -0.4 is 4.74 Å². The molecule has 26 heavy (non-hydrogen) atoms. The first-order chi connectivity index (χ1) is 12.6. The first-order valence-electron chi connectivity index (χ1n) is 8.86. The van der Waals surface area contributed by atoms with Gasteiger partial charge in [-0.2, -0.15) is 0 Å². The molecule has 3 heteroatoms. The van der Waals surface area contributed by atoms with Gasteiger partial charge in [-0.1, -0.05) is 55.3 Å². The molecule has 2 aliphatic carbocycles. The van der Waals surface area contributed by atoms with Gasteiger partial charge in [0.2, 0.25) is 5.78 Å². The second-order valence-corrected chi connectivity index (χ2v) is 6.44. The van der Waals surface area contributed by atoms with E-state index in [1.807, 2.05) is 43.3 Å². The van der Waals surface area contributed by atoms with Crippen LogP contribution in [0, 0.1) is 6.92 Å². The molecule has 0 aromatic heterocycles. The highest BCUT2D eigenvalue weighted by Gasteiger charge is 2.20. The minimum atomic E-state index is -0.0901. The normalized spacial score (nSPS) is 10.7. The number of ketones is 1. The number of aldehydes is 1. The fourth-order valence-corrected chi connectivity index (χ4v) is 3.21. The van der Waals surface area contributed by atoms with E-state index in [4.69, 9.17) is 4.74 Å². The monoisotopic (exact) mass is 346 g/mol. The lowest BCUT2D eigenvalue weighted by Crippen LogP contribution is -2.12. The lowest BCUT2D eigenvalue weighted by molar-refractivity contribution is 0.0919. The number of aryl methyl sites for hydroxylation is 2. The second-order valence-electron chi connectivity index (χ2n) is 6.44. The quantitative estimate of drug-likeness (QED) is 0.440. The van der Waals surface area contributed by atoms with Crippen LogP contribution in [0.2, 0.25) is 0 Å². The third kappa shape index (κ3) is 3.67. The predicted octanol–water partition coefficient (Wildman–Crippen LogP) is 5.13. The Bertz CT molecular complexity index is 911. The summed E-state index contributed by atoms with van der Waals surface area (Å²) in [7, 11) is 0. The van der Waals surface area contributed by atoms with Gasteiger partial charge in [0.25, 0.3) is 0 Å². The lowest BCUT2D eigenvalue weighted by Gasteiger charge is -2.08. The topological polar surface area (TPSA) is 43.4 Å². The van der Waals surface area contributed by atoms with Crippen LogP contribution >= 0.6 is 0 Å². The first kappa shape index (κ1) is 17.9. The van der Waals surface area contributed by atoms with Crippen LogP contribution in [0.15, 0.2) is 54.6 Å². The van der Waals surface area contributed by atoms with Crippen molar-refractivity contribution >= 4 is 12.1 Å². The van der Waals surface area contributed by atoms with E-state index in [1.54, 1.807) is 12.1 Å². The average Bonchev–Trinajstić information content (AvgIpc) is 2.82. The molecule has 0 bridgehead atoms. The van der Waals surface area contributed by atoms with E-state index in [1.165, 1.54) is 5.56 Å². The molecular formula is C23H22O3. The molecule has 1 aromatic carbocycles. The largest absolute Gasteiger partial charge is 0.485 e. The molecule has 0 saturated heterocycles. The van der Waals surface area contributed by atoms with Gasteiger partial charge in [0, 0.05) is 5.56 Å². The zero-order valence-electron chi connectivity index (χ0n) is 15.1. The number of benzene rings is 1. The Morgan fingerprint density at radius 1 is 1.04 bits per heavy atom. The average molecular weight is 346 g/mol. The molecule has 0 radical (unpaired) electrons. The van der Waals surface area contributed by atoms with Crippen molar-refractivity contribution < 1.29 is 14.3 Å². The summed E-state index contributed by atoms with van der Waals surface area (Å²) in [6.07, 6.45) is 2.71. The van der Waals surface area contributed by atoms with Crippen molar-refractivity contribution in [2.24, 2.45) is 0 Å². The smallest absolute Gasteiger partial charge is 0.200 e. The molecule has 0 fully saturated rings. The molecule has 3 rings (SSSR count). The first-order valence-corrected chi connectivity index (χ1v) is 8.86. The summed E-state index contributed by atoms with van der Waals surface area (Å²) in [5.41, 5.74) is 5.37. The summed E-state index contributed by atoms with van der Waals surface area (Å²) in [5.74, 6) is 0.357. The highest BCUT2D eigenvalue weighted by Crippen LogP contribution is 2.33. The Hall–Kier alpha value is -2.94. The minimum Gasteiger partial charge on any atom is -0.485 e. The minimum absolute atomic E-state index is 0.0824. The highest BCUT2D eigenvalue weighted by atomic mass is 16.5. The number of rotatable bonds is 7. The summed E-state index contributed by atoms with van der Waals surface area (Å²) in [4.78, 5) is 24.0. The summed E-state index contributed by atoms with van der Waals surface area (Å²) in [5, 5.41) is 0. The van der Waals surface area contributed by atoms with Crippen LogP contribution in [-0.4, -0.2) is 18.7 Å². The van der Waals surface area contributed by atoms with Crippen molar-refractivity contribution in [3.8, 4) is 16.9 Å². The van der Waals surface area contributed by atoms with Gasteiger partial charge in [-0.3, -0.25) is 9.59 Å². The number of hydrogen-bond acceptors (Lipinski definition) is 3. The van der Waals surface area contributed by atoms with Crippen molar-refractivity contribution in [3.63, 3.8) is 0 Å². The van der Waals surface area contributed by atoms with E-state index in [2.05, 4.69) is 13.0 Å². The van der Waals surface area contributed by atoms with Crippen molar-refractivity contribution in [2.45, 2.75) is 26.7 Å². The molecule has 0 N–H and O–H groups in total. The number of Topliss-reactive ketones (excluding diaryl/α,β-unsaturated/α-hetero) is 1. The Morgan fingerprint density at radius 3 is 2.54 bits per heavy atom. The van der Waals surface area contributed by atoms with E-state index < -0.39 is 0 Å². The number of fused-ring (bicyclic) bond motifs is 1. The maximum absolute atomic E-state index is 12.8. The zero-order valence-corrected chi connectivity index (χ0v) is 15.1. The van der Waals surface area contributed by atoms with Crippen LogP contribution in [0.25, 0.3) is 11.1 Å². The molecule has 0 unspecified atom stereocenters. The van der Waals surface area contributed by atoms with Crippen LogP contribution in [-0.2, 0) is 6.42 Å². The fourth-order valence-electron chi connectivity index (χ4n) is 3.21. The van der Waals surface area contributed by atoms with Gasteiger partial charge in [-0.25, -0.2) is 0 Å². The van der Waals surface area contributed by atoms with E-state index in [9.17, 15) is 9.59 Å². The molecule has 0 atom stereocenters. The second kappa shape index (κ2) is 7.96. The molecule has 2 aliphatic rings. The summed E-state index contributed by atoms with van der Waals surface area (Å²) in [6.45, 7) is 3.95. The summed E-state index contributed by atoms with van der Waals surface area (Å²) < 4.78 is 5.66. The Kier molecular flexibility index (Phi) is 5.47. The number of carbonyl (C=O) groups is 2. The number of carbonyl (C=O) groups excluding carboxylic acids is 2. The summed E-state index contributed by atoms with van der Waals surface area (Å²) >= 11 is 0. The van der Waals surface area contributed by atoms with Crippen molar-refractivity contribution in [3.05, 3.63) is 76.9 Å². The van der Waals surface area contributed by atoms with Gasteiger partial charge in [-0.15, -0.1) is 0 Å². The van der Waals surface area contributed by atoms with E-state index >= 15 is 0 Å². The molecule has 0 saturated carbocycles. The summed E-state index contributed by atoms with van der Waals surface area (Å²) in [6, 6.07) is 17.3. The maximum Gasteiger partial charge on any atom is 0.200 e. The maximum atomic E-state index is 12.8. The van der Waals surface area contributed by atoms with Crippen molar-refractivity contribution in [2.75, 3.05) is 6.61 Å². The van der Waals surface area contributed by atoms with E-state index in [-0.39, 0.29) is 12.4 Å². The molecule has 0 spiro atoms. The standard InChI is InChI=1S/C23H22O3/c1-3-7-17-13-21(20-9-6-4-5-8-19(17)20)22(25)15-26-23-11-10-16(2)12-18(23)14-24/h4-6,8-14H,3,7,15H2,1-2H3. The molecule has 132 valence electrons. The zero-order chi connectivity index (χ0) is 18.5. The van der Waals surface area contributed by atoms with E-state index in [0.29, 0.717) is 16.9 Å². The third-order valence-corrected chi connectivity index (χ3v) is 4.46. The molecular weight excluding hydrogens is 324 g/mol. The van der Waals surface area contributed by atoms with Crippen LogP contribution in [0.3, 0.4) is 0 Å². The van der Waals surface area contributed by atoms with Gasteiger partial charge in [0.15, 0.2) is 12.9 Å². The Labute approximate surface area is 154 Å². The molecule has 3 nitrogen and oxygen atoms in total. The molecule has 0 amide bonds. The van der Waals surface area contributed by atoms with Gasteiger partial charge in [-0.05, 0) is 48.2 Å². The fraction of sp³-hybridized carbons (Fsp3) is 0.217. The van der Waals surface area contributed by atoms with Crippen LogP contribution in [0.1, 0.15) is 45.2 Å². The van der Waals surface area contributed by atoms with Crippen LogP contribution in [0.5, 0.6) is 5.75 Å². The third-order valence-electron chi connectivity index (χ3n) is 4.46. The SMILES string of the molecule is CCCc1cc(C(=O)COc2ccc(C)cc2C=O)c2cccccc1-2. The molecule has 1 aromatic rings. The molecule has 0 heterocycles. The van der Waals surface area contributed by atoms with E-state index in [0.717, 1.165) is 35.8 Å². The number of ether oxygens (including phenoxy) is 1. The van der Waals surface area contributed by atoms with Gasteiger partial charge >= 0.3 is 0 Å². The van der Waals surface area contributed by atoms with Gasteiger partial charge in [0.05, 0.1) is 5.56 Å². The predicted molar refractivity (Wildman–Crippen MR) is 103 cm³/mol. The van der Waals surface area contributed by atoms with Gasteiger partial charge in [0.1, 0.15) is 5.75 Å². The highest BCUT2D eigenvalue weighted by molar-refractivity contribution is 6.05. The Balaban J connectivity index is 1.86. The van der Waals surface area contributed by atoms with Gasteiger partial charge < -0.3 is 4.74 Å². The lowest BCUT2D eigenvalue weighted by atomic mass is 10.0. The number of hydrogen-bond donors (Lipinski definition) is 0. The van der Waals surface area contributed by atoms with Crippen molar-refractivity contribution in [1.29, 1.82) is 0 Å². The Morgan fingerprint density at radius 2 is 1.81 bits per heavy atom. The van der Waals surface area contributed by atoms with Crippen molar-refractivity contribution in [1.82, 2.24) is 0 Å². The molecule has 0 aliphatic heterocycles.